The van der Waals surface area contributed by atoms with Crippen LogP contribution in [-0.2, 0) is 4.79 Å². The number of hydrogen-bond acceptors (Lipinski definition) is 3. The van der Waals surface area contributed by atoms with Gasteiger partial charge in [0.2, 0.25) is 0 Å². The number of aromatic amines is 1. The molecule has 0 bridgehead atoms. The quantitative estimate of drug-likeness (QED) is 0.796. The summed E-state index contributed by atoms with van der Waals surface area (Å²) in [6.07, 6.45) is 0.662. The molecule has 1 atom stereocenters. The maximum Gasteiger partial charge on any atom is 0.344 e. The maximum atomic E-state index is 10.6. The van der Waals surface area contributed by atoms with Gasteiger partial charge in [0.15, 0.2) is 6.10 Å². The number of para-hydroxylation sites is 1. The Morgan fingerprint density at radius 1 is 1.60 bits per heavy atom. The second-order valence-electron chi connectivity index (χ2n) is 3.15. The number of ether oxygens (including phenoxy) is 1. The lowest BCUT2D eigenvalue weighted by Crippen LogP contribution is -2.22. The van der Waals surface area contributed by atoms with E-state index in [9.17, 15) is 4.79 Å². The first-order valence-corrected chi connectivity index (χ1v) is 4.50. The minimum Gasteiger partial charge on any atom is -0.479 e. The summed E-state index contributed by atoms with van der Waals surface area (Å²) in [7, 11) is 0. The van der Waals surface area contributed by atoms with Crippen molar-refractivity contribution in [3.8, 4) is 5.75 Å². The van der Waals surface area contributed by atoms with Crippen molar-refractivity contribution in [3.63, 3.8) is 0 Å². The van der Waals surface area contributed by atoms with Gasteiger partial charge >= 0.3 is 5.97 Å². The molecule has 0 spiro atoms. The molecule has 5 nitrogen and oxygen atoms in total. The molecule has 0 fully saturated rings. The van der Waals surface area contributed by atoms with E-state index in [1.165, 1.54) is 6.92 Å². The Labute approximate surface area is 85.7 Å². The number of fused-ring (bicyclic) bond motifs is 1. The minimum atomic E-state index is -0.998. The van der Waals surface area contributed by atoms with Crippen molar-refractivity contribution in [2.75, 3.05) is 0 Å². The molecule has 1 aromatic carbocycles. The Hall–Kier alpha value is -2.04. The molecule has 5 heteroatoms. The van der Waals surface area contributed by atoms with E-state index >= 15 is 0 Å². The standard InChI is InChI=1S/C10H10N2O3/c1-6(10(13)14)15-8-4-2-3-7-9(8)12-5-11-7/h2-6H,1H3,(H,11,12)(H,13,14). The van der Waals surface area contributed by atoms with E-state index in [4.69, 9.17) is 9.84 Å². The summed E-state index contributed by atoms with van der Waals surface area (Å²) in [4.78, 5) is 17.6. The highest BCUT2D eigenvalue weighted by molar-refractivity contribution is 5.82. The summed E-state index contributed by atoms with van der Waals surface area (Å²) in [6.45, 7) is 1.48. The van der Waals surface area contributed by atoms with Crippen molar-refractivity contribution in [3.05, 3.63) is 24.5 Å². The Bertz CT molecular complexity index is 492. The summed E-state index contributed by atoms with van der Waals surface area (Å²) in [5, 5.41) is 8.71. The van der Waals surface area contributed by atoms with Gasteiger partial charge in [-0.3, -0.25) is 0 Å². The van der Waals surface area contributed by atoms with Crippen molar-refractivity contribution in [2.24, 2.45) is 0 Å². The second kappa shape index (κ2) is 3.61. The number of benzene rings is 1. The fourth-order valence-electron chi connectivity index (χ4n) is 1.27. The van der Waals surface area contributed by atoms with Gasteiger partial charge in [-0.05, 0) is 19.1 Å². The van der Waals surface area contributed by atoms with E-state index in [0.29, 0.717) is 11.3 Å². The summed E-state index contributed by atoms with van der Waals surface area (Å²) in [6, 6.07) is 5.33. The van der Waals surface area contributed by atoms with Crippen molar-refractivity contribution in [1.82, 2.24) is 9.97 Å². The first kappa shape index (κ1) is 9.51. The van der Waals surface area contributed by atoms with Gasteiger partial charge in [-0.2, -0.15) is 0 Å². The molecule has 1 unspecified atom stereocenters. The normalized spacial score (nSPS) is 12.6. The van der Waals surface area contributed by atoms with E-state index in [1.807, 2.05) is 6.07 Å². The highest BCUT2D eigenvalue weighted by atomic mass is 16.5. The Morgan fingerprint density at radius 3 is 3.13 bits per heavy atom. The van der Waals surface area contributed by atoms with Crippen molar-refractivity contribution < 1.29 is 14.6 Å². The second-order valence-corrected chi connectivity index (χ2v) is 3.15. The van der Waals surface area contributed by atoms with Crippen LogP contribution in [0.15, 0.2) is 24.5 Å². The molecule has 0 radical (unpaired) electrons. The Balaban J connectivity index is 2.35. The van der Waals surface area contributed by atoms with Crippen LogP contribution in [0.4, 0.5) is 0 Å². The van der Waals surface area contributed by atoms with Crippen molar-refractivity contribution in [2.45, 2.75) is 13.0 Å². The molecule has 78 valence electrons. The largest absolute Gasteiger partial charge is 0.479 e. The fraction of sp³-hybridized carbons (Fsp3) is 0.200. The van der Waals surface area contributed by atoms with E-state index in [0.717, 1.165) is 5.52 Å². The molecule has 15 heavy (non-hydrogen) atoms. The van der Waals surface area contributed by atoms with Crippen LogP contribution in [0.3, 0.4) is 0 Å². The summed E-state index contributed by atoms with van der Waals surface area (Å²) < 4.78 is 5.27. The third-order valence-electron chi connectivity index (χ3n) is 2.06. The number of carboxylic acids is 1. The van der Waals surface area contributed by atoms with Crippen LogP contribution in [0.5, 0.6) is 5.75 Å². The van der Waals surface area contributed by atoms with Crippen LogP contribution in [0, 0.1) is 0 Å². The van der Waals surface area contributed by atoms with Gasteiger partial charge in [-0.25, -0.2) is 9.78 Å². The predicted molar refractivity (Wildman–Crippen MR) is 53.8 cm³/mol. The Morgan fingerprint density at radius 2 is 2.40 bits per heavy atom. The first-order chi connectivity index (χ1) is 7.18. The number of aromatic nitrogens is 2. The molecule has 1 heterocycles. The molecule has 0 aliphatic heterocycles. The number of hydrogen-bond donors (Lipinski definition) is 2. The molecule has 0 aliphatic rings. The van der Waals surface area contributed by atoms with Crippen LogP contribution < -0.4 is 4.74 Å². The minimum absolute atomic E-state index is 0.476. The molecule has 2 aromatic rings. The number of nitrogens with one attached hydrogen (secondary N) is 1. The van der Waals surface area contributed by atoms with Gasteiger partial charge in [0.25, 0.3) is 0 Å². The molecule has 0 saturated carbocycles. The van der Waals surface area contributed by atoms with Crippen LogP contribution in [-0.4, -0.2) is 27.1 Å². The van der Waals surface area contributed by atoms with E-state index in [2.05, 4.69) is 9.97 Å². The number of rotatable bonds is 3. The lowest BCUT2D eigenvalue weighted by molar-refractivity contribution is -0.144. The van der Waals surface area contributed by atoms with E-state index in [-0.39, 0.29) is 0 Å². The number of nitrogens with zero attached hydrogens (tertiary/aromatic N) is 1. The van der Waals surface area contributed by atoms with Crippen LogP contribution in [0.25, 0.3) is 11.0 Å². The van der Waals surface area contributed by atoms with Crippen molar-refractivity contribution in [1.29, 1.82) is 0 Å². The number of aliphatic carboxylic acids is 1. The molecule has 0 amide bonds. The smallest absolute Gasteiger partial charge is 0.344 e. The van der Waals surface area contributed by atoms with Gasteiger partial charge in [0.05, 0.1) is 11.8 Å². The average Bonchev–Trinajstić information content (AvgIpc) is 2.66. The van der Waals surface area contributed by atoms with Crippen molar-refractivity contribution >= 4 is 17.0 Å². The summed E-state index contributed by atoms with van der Waals surface area (Å²) >= 11 is 0. The van der Waals surface area contributed by atoms with Gasteiger partial charge in [0, 0.05) is 0 Å². The first-order valence-electron chi connectivity index (χ1n) is 4.50. The highest BCUT2D eigenvalue weighted by Crippen LogP contribution is 2.22. The molecule has 2 rings (SSSR count). The molecular weight excluding hydrogens is 196 g/mol. The average molecular weight is 206 g/mol. The summed E-state index contributed by atoms with van der Waals surface area (Å²) in [5.41, 5.74) is 1.47. The number of carboxylic acid groups (broad SMARTS) is 1. The van der Waals surface area contributed by atoms with Gasteiger partial charge < -0.3 is 14.8 Å². The van der Waals surface area contributed by atoms with Gasteiger partial charge in [-0.1, -0.05) is 6.07 Å². The zero-order chi connectivity index (χ0) is 10.8. The van der Waals surface area contributed by atoms with Crippen LogP contribution in [0.1, 0.15) is 6.92 Å². The lowest BCUT2D eigenvalue weighted by atomic mass is 10.3. The third-order valence-corrected chi connectivity index (χ3v) is 2.06. The molecule has 1 aromatic heterocycles. The van der Waals surface area contributed by atoms with Gasteiger partial charge in [-0.15, -0.1) is 0 Å². The molecular formula is C10H10N2O3. The number of imidazole rings is 1. The molecule has 0 aliphatic carbocycles. The SMILES string of the molecule is CC(Oc1cccc2[nH]cnc12)C(=O)O. The third kappa shape index (κ3) is 1.76. The highest BCUT2D eigenvalue weighted by Gasteiger charge is 2.14. The lowest BCUT2D eigenvalue weighted by Gasteiger charge is -2.10. The predicted octanol–water partition coefficient (Wildman–Crippen LogP) is 1.41. The topological polar surface area (TPSA) is 75.2 Å². The van der Waals surface area contributed by atoms with Crippen LogP contribution >= 0.6 is 0 Å². The monoisotopic (exact) mass is 206 g/mol. The fourth-order valence-corrected chi connectivity index (χ4v) is 1.27. The zero-order valence-corrected chi connectivity index (χ0v) is 8.10. The maximum absolute atomic E-state index is 10.6. The zero-order valence-electron chi connectivity index (χ0n) is 8.10. The number of carbonyl (C=O) groups is 1. The molecule has 0 saturated heterocycles. The molecule has 2 N–H and O–H groups in total. The van der Waals surface area contributed by atoms with E-state index < -0.39 is 12.1 Å². The number of H-pyrrole nitrogens is 1. The Kier molecular flexibility index (Phi) is 2.29. The van der Waals surface area contributed by atoms with Gasteiger partial charge in [0.1, 0.15) is 11.3 Å². The summed E-state index contributed by atoms with van der Waals surface area (Å²) in [5.74, 6) is -0.522. The van der Waals surface area contributed by atoms with Crippen LogP contribution in [0.2, 0.25) is 0 Å². The van der Waals surface area contributed by atoms with E-state index in [1.54, 1.807) is 18.5 Å².